The Morgan fingerprint density at radius 1 is 1.16 bits per heavy atom. The van der Waals surface area contributed by atoms with Gasteiger partial charge >= 0.3 is 0 Å². The number of benzene rings is 1. The van der Waals surface area contributed by atoms with E-state index in [9.17, 15) is 14.7 Å². The van der Waals surface area contributed by atoms with Gasteiger partial charge in [-0.3, -0.25) is 19.6 Å². The van der Waals surface area contributed by atoms with E-state index >= 15 is 0 Å². The Labute approximate surface area is 222 Å². The zero-order valence-electron chi connectivity index (χ0n) is 21.2. The van der Waals surface area contributed by atoms with E-state index in [-0.39, 0.29) is 30.1 Å². The Bertz CT molecular complexity index is 1520. The van der Waals surface area contributed by atoms with Crippen molar-refractivity contribution in [2.45, 2.75) is 52.3 Å². The molecule has 37 heavy (non-hydrogen) atoms. The van der Waals surface area contributed by atoms with Crippen LogP contribution in [0.2, 0.25) is 5.02 Å². The highest BCUT2D eigenvalue weighted by atomic mass is 35.5. The molecule has 0 saturated carbocycles. The van der Waals surface area contributed by atoms with Crippen molar-refractivity contribution in [1.29, 1.82) is 0 Å². The average Bonchev–Trinajstić information content (AvgIpc) is 3.55. The number of fused-ring (bicyclic) bond motifs is 1. The number of anilines is 1. The predicted octanol–water partition coefficient (Wildman–Crippen LogP) is 4.02. The van der Waals surface area contributed by atoms with Crippen LogP contribution in [0, 0.1) is 13.8 Å². The van der Waals surface area contributed by atoms with Crippen molar-refractivity contribution in [2.75, 3.05) is 18.4 Å². The molecular formula is C25H28ClN7O3S. The highest BCUT2D eigenvalue weighted by Crippen LogP contribution is 2.34. The van der Waals surface area contributed by atoms with Gasteiger partial charge in [-0.15, -0.1) is 0 Å². The monoisotopic (exact) mass is 541 g/mol. The van der Waals surface area contributed by atoms with E-state index < -0.39 is 11.6 Å². The molecular weight excluding hydrogens is 514 g/mol. The normalized spacial score (nSPS) is 18.1. The maximum absolute atomic E-state index is 13.7. The van der Waals surface area contributed by atoms with Gasteiger partial charge in [-0.05, 0) is 58.9 Å². The summed E-state index contributed by atoms with van der Waals surface area (Å²) in [7, 11) is 0. The van der Waals surface area contributed by atoms with Crippen molar-refractivity contribution < 1.29 is 14.7 Å². The summed E-state index contributed by atoms with van der Waals surface area (Å²) in [5.41, 5.74) is 2.48. The zero-order chi connectivity index (χ0) is 26.6. The molecule has 10 nitrogen and oxygen atoms in total. The standard InChI is InChI=1S/C25H28ClN7O3S/c1-13-9-14(2)32(29-13)17-11-31(12-18(17)34)23(36)19-20-21(33(30-19)25(3,4)5)27-24(37-20)28-22(35)15-7-6-8-16(26)10-15/h6-10,17-18,34H,11-12H2,1-5H3,(H,27,28,35)/t17-,18-/m1/s1. The van der Waals surface area contributed by atoms with Crippen LogP contribution in [0.3, 0.4) is 0 Å². The first-order valence-corrected chi connectivity index (χ1v) is 13.1. The fourth-order valence-corrected chi connectivity index (χ4v) is 5.68. The van der Waals surface area contributed by atoms with Crippen molar-refractivity contribution in [3.05, 3.63) is 58.0 Å². The molecule has 2 atom stereocenters. The van der Waals surface area contributed by atoms with Gasteiger partial charge < -0.3 is 10.0 Å². The first-order valence-electron chi connectivity index (χ1n) is 11.9. The lowest BCUT2D eigenvalue weighted by atomic mass is 10.1. The second kappa shape index (κ2) is 9.23. The predicted molar refractivity (Wildman–Crippen MR) is 142 cm³/mol. The van der Waals surface area contributed by atoms with Crippen LogP contribution in [0.4, 0.5) is 5.13 Å². The molecule has 194 valence electrons. The number of carbonyl (C=O) groups excluding carboxylic acids is 2. The summed E-state index contributed by atoms with van der Waals surface area (Å²) in [6.07, 6.45) is -0.754. The summed E-state index contributed by atoms with van der Waals surface area (Å²) in [6, 6.07) is 8.25. The number of amides is 2. The molecule has 12 heteroatoms. The summed E-state index contributed by atoms with van der Waals surface area (Å²) >= 11 is 7.22. The van der Waals surface area contributed by atoms with Crippen LogP contribution >= 0.6 is 22.9 Å². The summed E-state index contributed by atoms with van der Waals surface area (Å²) in [5.74, 6) is -0.648. The van der Waals surface area contributed by atoms with Gasteiger partial charge in [0.25, 0.3) is 11.8 Å². The number of aliphatic hydroxyl groups is 1. The number of nitrogens with zero attached hydrogens (tertiary/aromatic N) is 6. The van der Waals surface area contributed by atoms with E-state index in [0.717, 1.165) is 11.4 Å². The van der Waals surface area contributed by atoms with Crippen LogP contribution in [-0.4, -0.2) is 65.6 Å². The molecule has 1 aromatic carbocycles. The molecule has 4 heterocycles. The fraction of sp³-hybridized carbons (Fsp3) is 0.400. The van der Waals surface area contributed by atoms with Crippen LogP contribution < -0.4 is 5.32 Å². The lowest BCUT2D eigenvalue weighted by Gasteiger charge is -2.19. The largest absolute Gasteiger partial charge is 0.389 e. The summed E-state index contributed by atoms with van der Waals surface area (Å²) in [4.78, 5) is 32.7. The highest BCUT2D eigenvalue weighted by Gasteiger charge is 2.39. The SMILES string of the molecule is Cc1cc(C)n([C@@H]2CN(C(=O)c3nn(C(C)(C)C)c4nc(NC(=O)c5cccc(Cl)c5)sc34)C[C@H]2O)n1. The van der Waals surface area contributed by atoms with Crippen molar-refractivity contribution in [1.82, 2.24) is 29.4 Å². The van der Waals surface area contributed by atoms with E-state index in [1.54, 1.807) is 38.5 Å². The minimum Gasteiger partial charge on any atom is -0.389 e. The lowest BCUT2D eigenvalue weighted by molar-refractivity contribution is 0.0759. The molecule has 1 saturated heterocycles. The molecule has 5 rings (SSSR count). The number of hydrogen-bond donors (Lipinski definition) is 2. The topological polar surface area (TPSA) is 118 Å². The average molecular weight is 542 g/mol. The number of nitrogens with one attached hydrogen (secondary N) is 1. The maximum atomic E-state index is 13.7. The number of β-amino-alcohol motifs (C(OH)–C–C–N with tert-alkyl or cyclic N) is 1. The van der Waals surface area contributed by atoms with Gasteiger partial charge in [-0.25, -0.2) is 4.68 Å². The van der Waals surface area contributed by atoms with Gasteiger partial charge in [0, 0.05) is 29.4 Å². The fourth-order valence-electron chi connectivity index (χ4n) is 4.57. The second-order valence-electron chi connectivity index (χ2n) is 10.3. The minimum absolute atomic E-state index is 0.170. The molecule has 0 unspecified atom stereocenters. The highest BCUT2D eigenvalue weighted by molar-refractivity contribution is 7.22. The number of hydrogen-bond acceptors (Lipinski definition) is 7. The molecule has 1 aliphatic rings. The van der Waals surface area contributed by atoms with Crippen LogP contribution in [0.5, 0.6) is 0 Å². The summed E-state index contributed by atoms with van der Waals surface area (Å²) in [5, 5.41) is 23.5. The molecule has 1 aliphatic heterocycles. The van der Waals surface area contributed by atoms with Crippen LogP contribution in [0.15, 0.2) is 30.3 Å². The molecule has 0 bridgehead atoms. The van der Waals surface area contributed by atoms with Gasteiger partial charge in [0.15, 0.2) is 16.5 Å². The quantitative estimate of drug-likeness (QED) is 0.403. The molecule has 4 aromatic rings. The van der Waals surface area contributed by atoms with Crippen molar-refractivity contribution in [3.63, 3.8) is 0 Å². The number of aryl methyl sites for hydroxylation is 2. The summed E-state index contributed by atoms with van der Waals surface area (Å²) in [6.45, 7) is 10.2. The van der Waals surface area contributed by atoms with E-state index in [0.29, 0.717) is 32.6 Å². The first-order chi connectivity index (χ1) is 17.4. The van der Waals surface area contributed by atoms with Crippen LogP contribution in [0.25, 0.3) is 10.3 Å². The van der Waals surface area contributed by atoms with Crippen LogP contribution in [0.1, 0.15) is 59.0 Å². The van der Waals surface area contributed by atoms with E-state index in [2.05, 4.69) is 20.5 Å². The van der Waals surface area contributed by atoms with Gasteiger partial charge in [0.05, 0.1) is 23.4 Å². The number of halogens is 1. The number of rotatable bonds is 4. The Morgan fingerprint density at radius 3 is 2.57 bits per heavy atom. The van der Waals surface area contributed by atoms with Gasteiger partial charge in [0.1, 0.15) is 4.70 Å². The molecule has 0 radical (unpaired) electrons. The Kier molecular flexibility index (Phi) is 6.33. The zero-order valence-corrected chi connectivity index (χ0v) is 22.8. The lowest BCUT2D eigenvalue weighted by Crippen LogP contribution is -2.31. The van der Waals surface area contributed by atoms with Crippen molar-refractivity contribution in [3.8, 4) is 0 Å². The molecule has 0 aliphatic carbocycles. The third-order valence-electron chi connectivity index (χ3n) is 6.28. The third-order valence-corrected chi connectivity index (χ3v) is 7.48. The smallest absolute Gasteiger partial charge is 0.276 e. The van der Waals surface area contributed by atoms with Gasteiger partial charge in [-0.1, -0.05) is 29.0 Å². The van der Waals surface area contributed by atoms with Crippen molar-refractivity contribution >= 4 is 50.2 Å². The Morgan fingerprint density at radius 2 is 1.92 bits per heavy atom. The number of thiazole rings is 1. The first kappa shape index (κ1) is 25.4. The molecule has 2 amide bonds. The molecule has 2 N–H and O–H groups in total. The number of aliphatic hydroxyl groups excluding tert-OH is 1. The number of carbonyl (C=O) groups is 2. The molecule has 0 spiro atoms. The maximum Gasteiger partial charge on any atom is 0.276 e. The van der Waals surface area contributed by atoms with E-state index in [4.69, 9.17) is 11.6 Å². The van der Waals surface area contributed by atoms with Crippen molar-refractivity contribution in [2.24, 2.45) is 0 Å². The van der Waals surface area contributed by atoms with E-state index in [1.165, 1.54) is 11.3 Å². The van der Waals surface area contributed by atoms with E-state index in [1.807, 2.05) is 40.7 Å². The molecule has 1 fully saturated rings. The van der Waals surface area contributed by atoms with Gasteiger partial charge in [0.2, 0.25) is 0 Å². The third kappa shape index (κ3) is 4.74. The summed E-state index contributed by atoms with van der Waals surface area (Å²) < 4.78 is 4.06. The number of likely N-dealkylation sites (tertiary alicyclic amines) is 1. The minimum atomic E-state index is -0.754. The molecule has 3 aromatic heterocycles. The second-order valence-corrected chi connectivity index (χ2v) is 11.7. The van der Waals surface area contributed by atoms with Crippen LogP contribution in [-0.2, 0) is 5.54 Å². The Hall–Kier alpha value is -3.28. The van der Waals surface area contributed by atoms with Gasteiger partial charge in [-0.2, -0.15) is 15.2 Å². The Balaban J connectivity index is 1.46. The number of aromatic nitrogens is 5.